The van der Waals surface area contributed by atoms with Crippen LogP contribution in [0.25, 0.3) is 17.1 Å². The summed E-state index contributed by atoms with van der Waals surface area (Å²) < 4.78 is 0.427. The summed E-state index contributed by atoms with van der Waals surface area (Å²) in [6.45, 7) is 0.269. The first-order valence-electron chi connectivity index (χ1n) is 7.21. The first-order chi connectivity index (χ1) is 11.6. The van der Waals surface area contributed by atoms with E-state index in [2.05, 4.69) is 9.97 Å². The summed E-state index contributed by atoms with van der Waals surface area (Å²) in [6, 6.07) is 5.56. The Balaban J connectivity index is 1.84. The Kier molecular flexibility index (Phi) is 4.86. The van der Waals surface area contributed by atoms with Crippen LogP contribution in [0.2, 0.25) is 0 Å². The molecule has 3 rings (SSSR count). The number of thiocarbonyl (C=S) groups is 1. The molecule has 0 saturated carbocycles. The Morgan fingerprint density at radius 3 is 2.92 bits per heavy atom. The van der Waals surface area contributed by atoms with Crippen molar-refractivity contribution in [2.75, 3.05) is 6.54 Å². The molecule has 24 heavy (non-hydrogen) atoms. The van der Waals surface area contributed by atoms with Gasteiger partial charge < -0.3 is 9.90 Å². The van der Waals surface area contributed by atoms with Gasteiger partial charge in [-0.3, -0.25) is 19.7 Å². The first-order valence-corrected chi connectivity index (χ1v) is 8.43. The zero-order valence-corrected chi connectivity index (χ0v) is 14.1. The Labute approximate surface area is 147 Å². The number of carbonyl (C=O) groups is 2. The zero-order valence-electron chi connectivity index (χ0n) is 12.5. The quantitative estimate of drug-likeness (QED) is 0.589. The summed E-state index contributed by atoms with van der Waals surface area (Å²) >= 11 is 6.42. The monoisotopic (exact) mass is 358 g/mol. The molecule has 6 nitrogen and oxygen atoms in total. The van der Waals surface area contributed by atoms with E-state index < -0.39 is 5.97 Å². The number of carboxylic acids is 1. The van der Waals surface area contributed by atoms with Crippen LogP contribution in [0.3, 0.4) is 0 Å². The van der Waals surface area contributed by atoms with E-state index in [4.69, 9.17) is 12.2 Å². The van der Waals surface area contributed by atoms with Crippen LogP contribution in [0, 0.1) is 0 Å². The number of hydrogen-bond donors (Lipinski definition) is 0. The van der Waals surface area contributed by atoms with Gasteiger partial charge >= 0.3 is 0 Å². The van der Waals surface area contributed by atoms with Crippen molar-refractivity contribution in [3.63, 3.8) is 0 Å². The third-order valence-electron chi connectivity index (χ3n) is 3.45. The lowest BCUT2D eigenvalue weighted by Crippen LogP contribution is -2.30. The Morgan fingerprint density at radius 2 is 2.12 bits per heavy atom. The van der Waals surface area contributed by atoms with E-state index in [0.717, 1.165) is 11.1 Å². The van der Waals surface area contributed by atoms with Gasteiger partial charge in [-0.25, -0.2) is 0 Å². The van der Waals surface area contributed by atoms with Gasteiger partial charge in [-0.1, -0.05) is 36.1 Å². The number of para-hydroxylation sites is 1. The van der Waals surface area contributed by atoms with Gasteiger partial charge in [0.05, 0.1) is 15.9 Å². The molecule has 0 bridgehead atoms. The maximum absolute atomic E-state index is 12.5. The molecule has 0 aliphatic carbocycles. The highest BCUT2D eigenvalue weighted by molar-refractivity contribution is 8.26. The van der Waals surface area contributed by atoms with Gasteiger partial charge in [-0.15, -0.1) is 0 Å². The molecule has 0 unspecified atom stereocenters. The molecule has 122 valence electrons. The third kappa shape index (κ3) is 3.44. The summed E-state index contributed by atoms with van der Waals surface area (Å²) in [6.07, 6.45) is 5.17. The van der Waals surface area contributed by atoms with Crippen LogP contribution in [0.4, 0.5) is 0 Å². The second-order valence-corrected chi connectivity index (χ2v) is 6.76. The number of carboxylic acid groups (broad SMARTS) is 1. The fourth-order valence-corrected chi connectivity index (χ4v) is 3.65. The maximum atomic E-state index is 12.5. The van der Waals surface area contributed by atoms with Crippen LogP contribution in [0.5, 0.6) is 0 Å². The second-order valence-electron chi connectivity index (χ2n) is 5.08. The van der Waals surface area contributed by atoms with Gasteiger partial charge in [0, 0.05) is 30.5 Å². The summed E-state index contributed by atoms with van der Waals surface area (Å²) in [5, 5.41) is 10.5. The minimum absolute atomic E-state index is 0.102. The summed E-state index contributed by atoms with van der Waals surface area (Å²) in [5.74, 6) is -1.35. The molecule has 8 heteroatoms. The number of carbonyl (C=O) groups excluding carboxylic acids is 2. The lowest BCUT2D eigenvalue weighted by Gasteiger charge is -2.14. The molecule has 1 aliphatic rings. The number of hydrogen-bond acceptors (Lipinski definition) is 7. The van der Waals surface area contributed by atoms with E-state index in [1.54, 1.807) is 18.5 Å². The van der Waals surface area contributed by atoms with Crippen molar-refractivity contribution in [3.8, 4) is 0 Å². The van der Waals surface area contributed by atoms with E-state index in [9.17, 15) is 14.7 Å². The van der Waals surface area contributed by atoms with E-state index in [-0.39, 0.29) is 18.9 Å². The Hall–Kier alpha value is -2.32. The van der Waals surface area contributed by atoms with Gasteiger partial charge in [-0.2, -0.15) is 0 Å². The molecule has 1 fully saturated rings. The van der Waals surface area contributed by atoms with Crippen LogP contribution in [0.15, 0.2) is 35.5 Å². The largest absolute Gasteiger partial charge is 0.550 e. The SMILES string of the molecule is O=C([O-])CCCN1C(=O)/C(=C/c2cccc3nccnc23)SC1=S. The molecule has 0 radical (unpaired) electrons. The average molecular weight is 358 g/mol. The summed E-state index contributed by atoms with van der Waals surface area (Å²) in [7, 11) is 0. The lowest BCUT2D eigenvalue weighted by atomic mass is 10.1. The number of nitrogens with zero attached hydrogens (tertiary/aromatic N) is 3. The van der Waals surface area contributed by atoms with E-state index in [0.29, 0.717) is 21.2 Å². The van der Waals surface area contributed by atoms with Gasteiger partial charge in [-0.05, 0) is 25.0 Å². The first kappa shape index (κ1) is 16.5. The molecule has 0 spiro atoms. The standard InChI is InChI=1S/C16H13N3O3S2/c20-13(21)5-2-8-19-15(22)12(24-16(19)23)9-10-3-1-4-11-14(10)18-7-6-17-11/h1,3-4,6-7,9H,2,5,8H2,(H,20,21)/p-1/b12-9-. The molecular weight excluding hydrogens is 346 g/mol. The van der Waals surface area contributed by atoms with Crippen molar-refractivity contribution in [3.05, 3.63) is 41.1 Å². The number of aromatic nitrogens is 2. The predicted octanol–water partition coefficient (Wildman–Crippen LogP) is 1.36. The topological polar surface area (TPSA) is 86.2 Å². The van der Waals surface area contributed by atoms with Crippen molar-refractivity contribution >= 4 is 57.3 Å². The zero-order chi connectivity index (χ0) is 17.1. The van der Waals surface area contributed by atoms with Crippen LogP contribution in [0.1, 0.15) is 18.4 Å². The second kappa shape index (κ2) is 7.06. The van der Waals surface area contributed by atoms with E-state index >= 15 is 0 Å². The van der Waals surface area contributed by atoms with Gasteiger partial charge in [0.1, 0.15) is 4.32 Å². The molecule has 1 aromatic carbocycles. The van der Waals surface area contributed by atoms with Crippen molar-refractivity contribution in [1.82, 2.24) is 14.9 Å². The highest BCUT2D eigenvalue weighted by atomic mass is 32.2. The van der Waals surface area contributed by atoms with Crippen LogP contribution >= 0.6 is 24.0 Å². The van der Waals surface area contributed by atoms with Crippen LogP contribution in [-0.4, -0.2) is 37.6 Å². The predicted molar refractivity (Wildman–Crippen MR) is 93.7 cm³/mol. The highest BCUT2D eigenvalue weighted by Crippen LogP contribution is 2.33. The highest BCUT2D eigenvalue weighted by Gasteiger charge is 2.31. The number of rotatable bonds is 5. The maximum Gasteiger partial charge on any atom is 0.266 e. The van der Waals surface area contributed by atoms with Gasteiger partial charge in [0.15, 0.2) is 0 Å². The number of benzene rings is 1. The molecule has 1 amide bonds. The van der Waals surface area contributed by atoms with E-state index in [1.807, 2.05) is 18.2 Å². The average Bonchev–Trinajstić information content (AvgIpc) is 2.82. The minimum atomic E-state index is -1.13. The molecule has 2 heterocycles. The summed E-state index contributed by atoms with van der Waals surface area (Å²) in [5.41, 5.74) is 2.24. The molecular formula is C16H12N3O3S2-. The van der Waals surface area contributed by atoms with Crippen molar-refractivity contribution < 1.29 is 14.7 Å². The molecule has 1 saturated heterocycles. The fourth-order valence-electron chi connectivity index (χ4n) is 2.35. The number of aliphatic carboxylic acids is 1. The number of thioether (sulfide) groups is 1. The smallest absolute Gasteiger partial charge is 0.266 e. The Bertz CT molecular complexity index is 861. The van der Waals surface area contributed by atoms with E-state index in [1.165, 1.54) is 16.7 Å². The van der Waals surface area contributed by atoms with Crippen molar-refractivity contribution in [1.29, 1.82) is 0 Å². The molecule has 0 atom stereocenters. The molecule has 1 aliphatic heterocycles. The summed E-state index contributed by atoms with van der Waals surface area (Å²) in [4.78, 5) is 33.4. The molecule has 0 N–H and O–H groups in total. The van der Waals surface area contributed by atoms with Gasteiger partial charge in [0.25, 0.3) is 5.91 Å². The van der Waals surface area contributed by atoms with Crippen molar-refractivity contribution in [2.45, 2.75) is 12.8 Å². The minimum Gasteiger partial charge on any atom is -0.550 e. The molecule has 1 aromatic heterocycles. The van der Waals surface area contributed by atoms with Gasteiger partial charge in [0.2, 0.25) is 0 Å². The number of fused-ring (bicyclic) bond motifs is 1. The van der Waals surface area contributed by atoms with Crippen LogP contribution < -0.4 is 5.11 Å². The van der Waals surface area contributed by atoms with Crippen molar-refractivity contribution in [2.24, 2.45) is 0 Å². The fraction of sp³-hybridized carbons (Fsp3) is 0.188. The third-order valence-corrected chi connectivity index (χ3v) is 4.83. The number of amides is 1. The molecule has 2 aromatic rings. The normalized spacial score (nSPS) is 16.3. The van der Waals surface area contributed by atoms with Crippen LogP contribution in [-0.2, 0) is 9.59 Å². The lowest BCUT2D eigenvalue weighted by molar-refractivity contribution is -0.305. The Morgan fingerprint density at radius 1 is 1.33 bits per heavy atom.